The van der Waals surface area contributed by atoms with Crippen LogP contribution < -0.4 is 10.0 Å². The summed E-state index contributed by atoms with van der Waals surface area (Å²) >= 11 is 0. The number of carbonyl (C=O) groups excluding carboxylic acids is 1. The molecule has 1 aliphatic carbocycles. The predicted molar refractivity (Wildman–Crippen MR) is 103 cm³/mol. The molecule has 144 valence electrons. The summed E-state index contributed by atoms with van der Waals surface area (Å²) in [7, 11) is -3.71. The highest BCUT2D eigenvalue weighted by molar-refractivity contribution is 7.89. The third-order valence-corrected chi connectivity index (χ3v) is 6.74. The lowest BCUT2D eigenvalue weighted by molar-refractivity contribution is 0.102. The molecule has 0 aliphatic heterocycles. The van der Waals surface area contributed by atoms with Crippen molar-refractivity contribution in [1.82, 2.24) is 4.72 Å². The first-order valence-corrected chi connectivity index (χ1v) is 10.4. The quantitative estimate of drug-likeness (QED) is 0.783. The van der Waals surface area contributed by atoms with Gasteiger partial charge in [0.05, 0.1) is 4.90 Å². The van der Waals surface area contributed by atoms with Crippen LogP contribution in [0.2, 0.25) is 0 Å². The lowest BCUT2D eigenvalue weighted by Gasteiger charge is -2.41. The maximum absolute atomic E-state index is 13.4. The molecule has 0 spiro atoms. The highest BCUT2D eigenvalue weighted by Crippen LogP contribution is 2.36. The number of amides is 1. The van der Waals surface area contributed by atoms with Gasteiger partial charge in [-0.05, 0) is 74.6 Å². The van der Waals surface area contributed by atoms with Gasteiger partial charge in [0.2, 0.25) is 10.0 Å². The van der Waals surface area contributed by atoms with Gasteiger partial charge < -0.3 is 5.32 Å². The highest BCUT2D eigenvalue weighted by Gasteiger charge is 2.39. The molecule has 2 N–H and O–H groups in total. The summed E-state index contributed by atoms with van der Waals surface area (Å²) in [5, 5.41) is 2.67. The van der Waals surface area contributed by atoms with Crippen LogP contribution in [0, 0.1) is 12.7 Å². The Balaban J connectivity index is 1.80. The molecule has 0 saturated heterocycles. The number of hydrogen-bond acceptors (Lipinski definition) is 3. The third kappa shape index (κ3) is 4.20. The molecule has 0 aromatic heterocycles. The van der Waals surface area contributed by atoms with E-state index in [0.717, 1.165) is 25.7 Å². The SMILES string of the molecule is CCC1(NS(=O)(=O)c2cccc(C(=O)Nc3ccc(F)c(C)c3)c2)CCC1. The van der Waals surface area contributed by atoms with Crippen LogP contribution in [0.5, 0.6) is 0 Å². The molecule has 1 fully saturated rings. The monoisotopic (exact) mass is 390 g/mol. The number of nitrogens with one attached hydrogen (secondary N) is 2. The zero-order valence-electron chi connectivity index (χ0n) is 15.4. The molecular formula is C20H23FN2O3S. The molecular weight excluding hydrogens is 367 g/mol. The van der Waals surface area contributed by atoms with E-state index in [2.05, 4.69) is 10.0 Å². The van der Waals surface area contributed by atoms with Gasteiger partial charge in [0.25, 0.3) is 5.91 Å². The fourth-order valence-electron chi connectivity index (χ4n) is 3.21. The van der Waals surface area contributed by atoms with Gasteiger partial charge >= 0.3 is 0 Å². The first-order valence-electron chi connectivity index (χ1n) is 8.96. The van der Waals surface area contributed by atoms with E-state index in [1.54, 1.807) is 19.1 Å². The van der Waals surface area contributed by atoms with E-state index in [0.29, 0.717) is 11.3 Å². The number of rotatable bonds is 6. The van der Waals surface area contributed by atoms with Crippen molar-refractivity contribution in [2.24, 2.45) is 0 Å². The van der Waals surface area contributed by atoms with Gasteiger partial charge in [-0.15, -0.1) is 0 Å². The predicted octanol–water partition coefficient (Wildman–Crippen LogP) is 4.00. The minimum atomic E-state index is -3.71. The lowest BCUT2D eigenvalue weighted by Crippen LogP contribution is -2.52. The van der Waals surface area contributed by atoms with E-state index in [1.165, 1.54) is 30.3 Å². The summed E-state index contributed by atoms with van der Waals surface area (Å²) in [6.45, 7) is 3.57. The number of benzene rings is 2. The number of halogens is 1. The van der Waals surface area contributed by atoms with Crippen LogP contribution in [0.3, 0.4) is 0 Å². The Morgan fingerprint density at radius 3 is 2.52 bits per heavy atom. The largest absolute Gasteiger partial charge is 0.322 e. The summed E-state index contributed by atoms with van der Waals surface area (Å²) in [6.07, 6.45) is 3.39. The Morgan fingerprint density at radius 1 is 1.19 bits per heavy atom. The molecule has 3 rings (SSSR count). The molecule has 2 aromatic carbocycles. The van der Waals surface area contributed by atoms with Gasteiger partial charge in [0.15, 0.2) is 0 Å². The van der Waals surface area contributed by atoms with E-state index < -0.39 is 15.9 Å². The second-order valence-corrected chi connectivity index (χ2v) is 8.72. The van der Waals surface area contributed by atoms with Crippen LogP contribution in [0.4, 0.5) is 10.1 Å². The fraction of sp³-hybridized carbons (Fsp3) is 0.350. The molecule has 5 nitrogen and oxygen atoms in total. The minimum absolute atomic E-state index is 0.0603. The third-order valence-electron chi connectivity index (χ3n) is 5.16. The standard InChI is InChI=1S/C20H23FN2O3S/c1-3-20(10-5-11-20)23-27(25,26)17-7-4-6-15(13-17)19(24)22-16-8-9-18(21)14(2)12-16/h4,6-9,12-13,23H,3,5,10-11H2,1-2H3,(H,22,24). The summed E-state index contributed by atoms with van der Waals surface area (Å²) in [5.74, 6) is -0.806. The Labute approximate surface area is 159 Å². The number of carbonyl (C=O) groups is 1. The van der Waals surface area contributed by atoms with Gasteiger partial charge in [0, 0.05) is 16.8 Å². The first kappa shape index (κ1) is 19.5. The topological polar surface area (TPSA) is 75.3 Å². The Hall–Kier alpha value is -2.25. The van der Waals surface area contributed by atoms with Crippen LogP contribution in [0.1, 0.15) is 48.5 Å². The Morgan fingerprint density at radius 2 is 1.93 bits per heavy atom. The van der Waals surface area contributed by atoms with Crippen LogP contribution >= 0.6 is 0 Å². The second kappa shape index (κ2) is 7.40. The molecule has 1 aliphatic rings. The summed E-state index contributed by atoms with van der Waals surface area (Å²) in [4.78, 5) is 12.5. The second-order valence-electron chi connectivity index (χ2n) is 7.04. The van der Waals surface area contributed by atoms with E-state index in [1.807, 2.05) is 6.92 Å². The normalized spacial score (nSPS) is 15.8. The lowest BCUT2D eigenvalue weighted by atomic mass is 9.76. The molecule has 7 heteroatoms. The first-order chi connectivity index (χ1) is 12.7. The summed E-state index contributed by atoms with van der Waals surface area (Å²) in [5.41, 5.74) is 0.713. The van der Waals surface area contributed by atoms with Crippen LogP contribution in [-0.2, 0) is 10.0 Å². The molecule has 0 atom stereocenters. The van der Waals surface area contributed by atoms with Crippen molar-refractivity contribution in [1.29, 1.82) is 0 Å². The zero-order valence-corrected chi connectivity index (χ0v) is 16.2. The molecule has 1 saturated carbocycles. The molecule has 0 unspecified atom stereocenters. The molecule has 0 heterocycles. The van der Waals surface area contributed by atoms with Gasteiger partial charge in [-0.3, -0.25) is 4.79 Å². The number of anilines is 1. The Kier molecular flexibility index (Phi) is 5.35. The Bertz CT molecular complexity index is 963. The van der Waals surface area contributed by atoms with E-state index in [-0.39, 0.29) is 21.8 Å². The molecule has 0 bridgehead atoms. The van der Waals surface area contributed by atoms with Crippen molar-refractivity contribution in [3.63, 3.8) is 0 Å². The van der Waals surface area contributed by atoms with Crippen molar-refractivity contribution in [3.05, 3.63) is 59.4 Å². The van der Waals surface area contributed by atoms with Crippen LogP contribution in [0.25, 0.3) is 0 Å². The maximum Gasteiger partial charge on any atom is 0.255 e. The molecule has 1 amide bonds. The molecule has 2 aromatic rings. The summed E-state index contributed by atoms with van der Waals surface area (Å²) < 4.78 is 41.6. The van der Waals surface area contributed by atoms with E-state index in [4.69, 9.17) is 0 Å². The number of aryl methyl sites for hydroxylation is 1. The van der Waals surface area contributed by atoms with Crippen molar-refractivity contribution in [2.45, 2.75) is 50.0 Å². The van der Waals surface area contributed by atoms with Gasteiger partial charge in [0.1, 0.15) is 5.82 Å². The van der Waals surface area contributed by atoms with Crippen molar-refractivity contribution >= 4 is 21.6 Å². The van der Waals surface area contributed by atoms with Crippen molar-refractivity contribution in [2.75, 3.05) is 5.32 Å². The number of sulfonamides is 1. The average Bonchev–Trinajstić information content (AvgIpc) is 2.61. The summed E-state index contributed by atoms with van der Waals surface area (Å²) in [6, 6.07) is 10.2. The maximum atomic E-state index is 13.4. The highest BCUT2D eigenvalue weighted by atomic mass is 32.2. The molecule has 0 radical (unpaired) electrons. The smallest absolute Gasteiger partial charge is 0.255 e. The van der Waals surface area contributed by atoms with Crippen molar-refractivity contribution in [3.8, 4) is 0 Å². The number of hydrogen-bond donors (Lipinski definition) is 2. The van der Waals surface area contributed by atoms with E-state index in [9.17, 15) is 17.6 Å². The van der Waals surface area contributed by atoms with Crippen molar-refractivity contribution < 1.29 is 17.6 Å². The van der Waals surface area contributed by atoms with Gasteiger partial charge in [-0.1, -0.05) is 13.0 Å². The minimum Gasteiger partial charge on any atom is -0.322 e. The molecule has 27 heavy (non-hydrogen) atoms. The van der Waals surface area contributed by atoms with Crippen LogP contribution in [-0.4, -0.2) is 19.9 Å². The van der Waals surface area contributed by atoms with Gasteiger partial charge in [-0.2, -0.15) is 0 Å². The average molecular weight is 390 g/mol. The zero-order chi connectivity index (χ0) is 19.7. The van der Waals surface area contributed by atoms with Crippen LogP contribution in [0.15, 0.2) is 47.4 Å². The fourth-order valence-corrected chi connectivity index (χ4v) is 4.78. The van der Waals surface area contributed by atoms with Gasteiger partial charge in [-0.25, -0.2) is 17.5 Å². The van der Waals surface area contributed by atoms with E-state index >= 15 is 0 Å².